The molecule has 1 nitrogen and oxygen atoms in total. The molecule has 3 heteroatoms. The van der Waals surface area contributed by atoms with Crippen LogP contribution in [0.15, 0.2) is 23.1 Å². The number of rotatable bonds is 0. The summed E-state index contributed by atoms with van der Waals surface area (Å²) in [6.45, 7) is 1.83. The lowest BCUT2D eigenvalue weighted by atomic mass is 10.3. The number of hydrogen-bond donors (Lipinski definition) is 1. The standard InChI is InChI=1S/C13H10OS2/c1-2-3-11-4-5-12(16-11)6-7-13-8-10(14)9-15-13/h4-5,8,10,14H,9H2,1H3. The summed E-state index contributed by atoms with van der Waals surface area (Å²) in [5.74, 6) is 12.7. The molecule has 0 spiro atoms. The van der Waals surface area contributed by atoms with E-state index in [9.17, 15) is 5.11 Å². The fourth-order valence-corrected chi connectivity index (χ4v) is 2.83. The van der Waals surface area contributed by atoms with Crippen molar-refractivity contribution in [3.8, 4) is 23.7 Å². The van der Waals surface area contributed by atoms with Gasteiger partial charge in [0.2, 0.25) is 0 Å². The Morgan fingerprint density at radius 3 is 2.62 bits per heavy atom. The Labute approximate surface area is 104 Å². The number of aliphatic hydroxyl groups excluding tert-OH is 1. The van der Waals surface area contributed by atoms with E-state index in [0.717, 1.165) is 20.4 Å². The minimum absolute atomic E-state index is 0.334. The molecule has 80 valence electrons. The van der Waals surface area contributed by atoms with Crippen molar-refractivity contribution in [2.75, 3.05) is 5.75 Å². The molecule has 2 rings (SSSR count). The lowest BCUT2D eigenvalue weighted by molar-refractivity contribution is 0.251. The Hall–Kier alpha value is -1.13. The molecule has 1 aliphatic rings. The maximum Gasteiger partial charge on any atom is 0.0835 e. The molecule has 1 N–H and O–H groups in total. The molecule has 0 bridgehead atoms. The van der Waals surface area contributed by atoms with Gasteiger partial charge in [-0.25, -0.2) is 0 Å². The Morgan fingerprint density at radius 1 is 1.25 bits per heavy atom. The third-order valence-corrected chi connectivity index (χ3v) is 3.89. The maximum absolute atomic E-state index is 9.29. The number of allylic oxidation sites excluding steroid dienone is 1. The van der Waals surface area contributed by atoms with Gasteiger partial charge in [-0.05, 0) is 25.1 Å². The van der Waals surface area contributed by atoms with Crippen LogP contribution in [-0.4, -0.2) is 17.0 Å². The second-order valence-electron chi connectivity index (χ2n) is 3.20. The predicted molar refractivity (Wildman–Crippen MR) is 70.3 cm³/mol. The highest BCUT2D eigenvalue weighted by Crippen LogP contribution is 2.24. The highest BCUT2D eigenvalue weighted by molar-refractivity contribution is 8.03. The van der Waals surface area contributed by atoms with E-state index >= 15 is 0 Å². The molecule has 1 aliphatic heterocycles. The molecule has 0 aromatic carbocycles. The lowest BCUT2D eigenvalue weighted by Gasteiger charge is -1.88. The SMILES string of the molecule is CC#Cc1ccc(C#CC2=CC(O)CS2)s1. The molecule has 1 aromatic rings. The van der Waals surface area contributed by atoms with E-state index in [4.69, 9.17) is 0 Å². The summed E-state index contributed by atoms with van der Waals surface area (Å²) in [7, 11) is 0. The largest absolute Gasteiger partial charge is 0.388 e. The quantitative estimate of drug-likeness (QED) is 0.710. The van der Waals surface area contributed by atoms with Gasteiger partial charge in [-0.3, -0.25) is 0 Å². The monoisotopic (exact) mass is 246 g/mol. The van der Waals surface area contributed by atoms with Gasteiger partial charge >= 0.3 is 0 Å². The van der Waals surface area contributed by atoms with Crippen molar-refractivity contribution in [3.05, 3.63) is 32.9 Å². The summed E-state index contributed by atoms with van der Waals surface area (Å²) < 4.78 is 0. The zero-order valence-corrected chi connectivity index (χ0v) is 10.4. The van der Waals surface area contributed by atoms with Crippen LogP contribution in [0.25, 0.3) is 0 Å². The van der Waals surface area contributed by atoms with Crippen molar-refractivity contribution in [1.29, 1.82) is 0 Å². The topological polar surface area (TPSA) is 20.2 Å². The van der Waals surface area contributed by atoms with Crippen LogP contribution in [0.5, 0.6) is 0 Å². The van der Waals surface area contributed by atoms with E-state index in [1.807, 2.05) is 19.1 Å². The molecule has 1 aromatic heterocycles. The fourth-order valence-electron chi connectivity index (χ4n) is 1.24. The van der Waals surface area contributed by atoms with E-state index < -0.39 is 0 Å². The number of hydrogen-bond acceptors (Lipinski definition) is 3. The molecule has 0 radical (unpaired) electrons. The molecule has 16 heavy (non-hydrogen) atoms. The molecule has 0 aliphatic carbocycles. The first-order valence-electron chi connectivity index (χ1n) is 4.85. The van der Waals surface area contributed by atoms with Crippen LogP contribution in [0.1, 0.15) is 16.7 Å². The maximum atomic E-state index is 9.29. The smallest absolute Gasteiger partial charge is 0.0835 e. The van der Waals surface area contributed by atoms with Crippen LogP contribution in [0.2, 0.25) is 0 Å². The minimum Gasteiger partial charge on any atom is -0.388 e. The van der Waals surface area contributed by atoms with Gasteiger partial charge in [-0.15, -0.1) is 29.0 Å². The van der Waals surface area contributed by atoms with Gasteiger partial charge in [-0.2, -0.15) is 0 Å². The Balaban J connectivity index is 2.11. The second kappa shape index (κ2) is 5.27. The molecule has 0 saturated heterocycles. The molecular weight excluding hydrogens is 236 g/mol. The van der Waals surface area contributed by atoms with E-state index in [1.54, 1.807) is 29.2 Å². The minimum atomic E-state index is -0.334. The lowest BCUT2D eigenvalue weighted by Crippen LogP contribution is -1.98. The predicted octanol–water partition coefficient (Wildman–Crippen LogP) is 2.46. The summed E-state index contributed by atoms with van der Waals surface area (Å²) in [5, 5.41) is 9.29. The average Bonchev–Trinajstić information content (AvgIpc) is 2.85. The van der Waals surface area contributed by atoms with Crippen molar-refractivity contribution in [1.82, 2.24) is 0 Å². The summed E-state index contributed by atoms with van der Waals surface area (Å²) in [5.41, 5.74) is 0. The van der Waals surface area contributed by atoms with Gasteiger partial charge in [0.1, 0.15) is 0 Å². The van der Waals surface area contributed by atoms with Gasteiger partial charge in [0.05, 0.1) is 20.8 Å². The van der Waals surface area contributed by atoms with Crippen LogP contribution in [0, 0.1) is 23.7 Å². The number of thiophene rings is 1. The van der Waals surface area contributed by atoms with Crippen molar-refractivity contribution in [2.45, 2.75) is 13.0 Å². The Morgan fingerprint density at radius 2 is 2.00 bits per heavy atom. The second-order valence-corrected chi connectivity index (χ2v) is 5.34. The van der Waals surface area contributed by atoms with Gasteiger partial charge in [0.25, 0.3) is 0 Å². The third kappa shape index (κ3) is 2.93. The third-order valence-electron chi connectivity index (χ3n) is 1.92. The van der Waals surface area contributed by atoms with Crippen LogP contribution >= 0.6 is 23.1 Å². The Kier molecular flexibility index (Phi) is 3.74. The number of aliphatic hydroxyl groups is 1. The van der Waals surface area contributed by atoms with Gasteiger partial charge in [-0.1, -0.05) is 17.8 Å². The van der Waals surface area contributed by atoms with Gasteiger partial charge in [0, 0.05) is 5.75 Å². The molecule has 0 fully saturated rings. The van der Waals surface area contributed by atoms with E-state index in [1.165, 1.54) is 0 Å². The number of thioether (sulfide) groups is 1. The highest BCUT2D eigenvalue weighted by atomic mass is 32.2. The van der Waals surface area contributed by atoms with E-state index in [2.05, 4.69) is 23.7 Å². The van der Waals surface area contributed by atoms with Crippen molar-refractivity contribution < 1.29 is 5.11 Å². The highest BCUT2D eigenvalue weighted by Gasteiger charge is 2.11. The van der Waals surface area contributed by atoms with Gasteiger partial charge < -0.3 is 5.11 Å². The molecule has 1 atom stereocenters. The molecule has 0 amide bonds. The van der Waals surface area contributed by atoms with Crippen LogP contribution in [-0.2, 0) is 0 Å². The summed E-state index contributed by atoms with van der Waals surface area (Å²) >= 11 is 3.20. The van der Waals surface area contributed by atoms with Crippen molar-refractivity contribution in [3.63, 3.8) is 0 Å². The van der Waals surface area contributed by atoms with E-state index in [0.29, 0.717) is 0 Å². The van der Waals surface area contributed by atoms with Crippen LogP contribution in [0.3, 0.4) is 0 Å². The van der Waals surface area contributed by atoms with E-state index in [-0.39, 0.29) is 6.10 Å². The summed E-state index contributed by atoms with van der Waals surface area (Å²) in [6, 6.07) is 3.96. The summed E-state index contributed by atoms with van der Waals surface area (Å²) in [6.07, 6.45) is 1.47. The fraction of sp³-hybridized carbons (Fsp3) is 0.231. The first-order valence-corrected chi connectivity index (χ1v) is 6.65. The first-order chi connectivity index (χ1) is 7.78. The summed E-state index contributed by atoms with van der Waals surface area (Å²) in [4.78, 5) is 3.02. The van der Waals surface area contributed by atoms with Crippen LogP contribution in [0.4, 0.5) is 0 Å². The van der Waals surface area contributed by atoms with Crippen molar-refractivity contribution >= 4 is 23.1 Å². The zero-order valence-electron chi connectivity index (χ0n) is 8.78. The zero-order chi connectivity index (χ0) is 11.4. The molecule has 1 unspecified atom stereocenters. The van der Waals surface area contributed by atoms with Crippen molar-refractivity contribution in [2.24, 2.45) is 0 Å². The average molecular weight is 246 g/mol. The Bertz CT molecular complexity index is 532. The first kappa shape index (κ1) is 11.4. The molecule has 2 heterocycles. The van der Waals surface area contributed by atoms with Gasteiger partial charge in [0.15, 0.2) is 0 Å². The molecular formula is C13H10OS2. The van der Waals surface area contributed by atoms with Crippen LogP contribution < -0.4 is 0 Å². The normalized spacial score (nSPS) is 18.1. The molecule has 0 saturated carbocycles.